The Balaban J connectivity index is 1.69. The van der Waals surface area contributed by atoms with Gasteiger partial charge in [0.1, 0.15) is 0 Å². The van der Waals surface area contributed by atoms with Gasteiger partial charge in [-0.2, -0.15) is 13.2 Å². The van der Waals surface area contributed by atoms with Crippen LogP contribution in [0.4, 0.5) is 24.5 Å². The molecule has 0 saturated carbocycles. The van der Waals surface area contributed by atoms with Gasteiger partial charge in [-0.25, -0.2) is 0 Å². The first-order chi connectivity index (χ1) is 14.3. The lowest BCUT2D eigenvalue weighted by Crippen LogP contribution is -2.61. The van der Waals surface area contributed by atoms with Gasteiger partial charge in [0.25, 0.3) is 0 Å². The number of fused-ring (bicyclic) bond motifs is 3. The van der Waals surface area contributed by atoms with E-state index >= 15 is 0 Å². The first kappa shape index (κ1) is 20.8. The van der Waals surface area contributed by atoms with Crippen LogP contribution in [0.1, 0.15) is 18.1 Å². The van der Waals surface area contributed by atoms with E-state index in [2.05, 4.69) is 15.1 Å². The van der Waals surface area contributed by atoms with Crippen molar-refractivity contribution in [2.24, 2.45) is 5.92 Å². The van der Waals surface area contributed by atoms with Gasteiger partial charge in [-0.05, 0) is 55.3 Å². The average Bonchev–Trinajstić information content (AvgIpc) is 2.71. The minimum absolute atomic E-state index is 0.122. The molecular weight excluding hydrogens is 415 g/mol. The Hall–Kier alpha value is -2.41. The predicted octanol–water partition coefficient (Wildman–Crippen LogP) is 4.36. The fourth-order valence-corrected chi connectivity index (χ4v) is 4.70. The summed E-state index contributed by atoms with van der Waals surface area (Å²) in [5.74, 6) is -0.550. The summed E-state index contributed by atoms with van der Waals surface area (Å²) in [7, 11) is 0. The lowest BCUT2D eigenvalue weighted by Gasteiger charge is -2.49. The highest BCUT2D eigenvalue weighted by Crippen LogP contribution is 2.40. The molecule has 1 amide bonds. The van der Waals surface area contributed by atoms with Crippen LogP contribution in [0, 0.1) is 5.92 Å². The summed E-state index contributed by atoms with van der Waals surface area (Å²) in [5.41, 5.74) is 1.68. The summed E-state index contributed by atoms with van der Waals surface area (Å²) >= 11 is 6.15. The Kier molecular flexibility index (Phi) is 5.57. The number of rotatable bonds is 3. The zero-order chi connectivity index (χ0) is 21.5. The zero-order valence-electron chi connectivity index (χ0n) is 16.5. The molecule has 0 bridgehead atoms. The fraction of sp³-hybridized carbons (Fsp3) is 0.409. The predicted molar refractivity (Wildman–Crippen MR) is 112 cm³/mol. The third-order valence-corrected chi connectivity index (χ3v) is 6.14. The second-order valence-electron chi connectivity index (χ2n) is 7.73. The molecule has 2 aliphatic rings. The quantitative estimate of drug-likeness (QED) is 0.774. The Morgan fingerprint density at radius 1 is 1.20 bits per heavy atom. The second-order valence-corrected chi connectivity index (χ2v) is 8.17. The van der Waals surface area contributed by atoms with Crippen molar-refractivity contribution in [3.05, 3.63) is 58.6 Å². The minimum Gasteiger partial charge on any atom is -0.368 e. The molecule has 1 fully saturated rings. The van der Waals surface area contributed by atoms with Crippen molar-refractivity contribution in [3.8, 4) is 0 Å². The molecular formula is C22H23ClF3N3O. The van der Waals surface area contributed by atoms with Crippen molar-refractivity contribution in [3.63, 3.8) is 0 Å². The highest BCUT2D eigenvalue weighted by atomic mass is 35.5. The van der Waals surface area contributed by atoms with E-state index in [9.17, 15) is 18.0 Å². The molecule has 2 heterocycles. The number of carbonyl (C=O) groups is 1. The van der Waals surface area contributed by atoms with Crippen LogP contribution in [0.3, 0.4) is 0 Å². The van der Waals surface area contributed by atoms with Crippen molar-refractivity contribution in [1.82, 2.24) is 5.32 Å². The molecule has 4 rings (SSSR count). The molecule has 2 atom stereocenters. The minimum atomic E-state index is -4.40. The van der Waals surface area contributed by atoms with Crippen molar-refractivity contribution in [2.45, 2.75) is 25.6 Å². The molecule has 2 aromatic rings. The van der Waals surface area contributed by atoms with Gasteiger partial charge in [0.2, 0.25) is 5.91 Å². The number of benzene rings is 2. The van der Waals surface area contributed by atoms with E-state index in [1.807, 2.05) is 31.2 Å². The van der Waals surface area contributed by atoms with Crippen molar-refractivity contribution in [1.29, 1.82) is 0 Å². The van der Waals surface area contributed by atoms with Gasteiger partial charge in [-0.3, -0.25) is 4.79 Å². The number of piperazine rings is 1. The van der Waals surface area contributed by atoms with Crippen LogP contribution in [0.2, 0.25) is 5.02 Å². The van der Waals surface area contributed by atoms with Crippen molar-refractivity contribution >= 4 is 28.9 Å². The molecule has 160 valence electrons. The molecule has 2 aromatic carbocycles. The van der Waals surface area contributed by atoms with Gasteiger partial charge >= 0.3 is 6.18 Å². The van der Waals surface area contributed by atoms with Crippen molar-refractivity contribution in [2.75, 3.05) is 36.0 Å². The lowest BCUT2D eigenvalue weighted by molar-refractivity contribution is -0.137. The number of halogens is 4. The normalized spacial score (nSPS) is 21.1. The number of nitrogens with one attached hydrogen (secondary N) is 1. The molecule has 1 saturated heterocycles. The molecule has 0 spiro atoms. The maximum Gasteiger partial charge on any atom is 0.416 e. The van der Waals surface area contributed by atoms with Gasteiger partial charge in [-0.1, -0.05) is 17.7 Å². The molecule has 0 unspecified atom stereocenters. The van der Waals surface area contributed by atoms with Crippen LogP contribution in [0.5, 0.6) is 0 Å². The van der Waals surface area contributed by atoms with E-state index in [0.717, 1.165) is 17.4 Å². The number of nitrogens with zero attached hydrogens (tertiary/aromatic N) is 2. The first-order valence-electron chi connectivity index (χ1n) is 10.0. The lowest BCUT2D eigenvalue weighted by atomic mass is 9.82. The SMILES string of the molecule is CCNC(=O)[C@@H]1Cc2cc(C(F)(F)F)ccc2N2CCN(c3cccc(Cl)c3)C[C@H]12. The average molecular weight is 438 g/mol. The molecule has 2 aliphatic heterocycles. The van der Waals surface area contributed by atoms with Crippen LogP contribution in [0.25, 0.3) is 0 Å². The van der Waals surface area contributed by atoms with Crippen molar-refractivity contribution < 1.29 is 18.0 Å². The summed E-state index contributed by atoms with van der Waals surface area (Å²) in [4.78, 5) is 17.1. The Bertz CT molecular complexity index is 949. The van der Waals surface area contributed by atoms with E-state index < -0.39 is 17.7 Å². The molecule has 8 heteroatoms. The zero-order valence-corrected chi connectivity index (χ0v) is 17.3. The maximum atomic E-state index is 13.2. The fourth-order valence-electron chi connectivity index (χ4n) is 4.51. The van der Waals surface area contributed by atoms with E-state index in [0.29, 0.717) is 36.8 Å². The second kappa shape index (κ2) is 8.02. The monoisotopic (exact) mass is 437 g/mol. The largest absolute Gasteiger partial charge is 0.416 e. The summed E-state index contributed by atoms with van der Waals surface area (Å²) < 4.78 is 39.7. The van der Waals surface area contributed by atoms with Gasteiger partial charge in [-0.15, -0.1) is 0 Å². The summed E-state index contributed by atoms with van der Waals surface area (Å²) in [6.45, 7) is 4.23. The molecule has 30 heavy (non-hydrogen) atoms. The number of anilines is 2. The van der Waals surface area contributed by atoms with Crippen LogP contribution in [-0.4, -0.2) is 38.1 Å². The number of carbonyl (C=O) groups excluding carboxylic acids is 1. The third-order valence-electron chi connectivity index (χ3n) is 5.90. The third kappa shape index (κ3) is 3.95. The van der Waals surface area contributed by atoms with Crippen LogP contribution in [0.15, 0.2) is 42.5 Å². The van der Waals surface area contributed by atoms with E-state index in [-0.39, 0.29) is 18.4 Å². The van der Waals surface area contributed by atoms with E-state index in [4.69, 9.17) is 11.6 Å². The molecule has 0 aliphatic carbocycles. The highest BCUT2D eigenvalue weighted by molar-refractivity contribution is 6.30. The topological polar surface area (TPSA) is 35.6 Å². The molecule has 4 nitrogen and oxygen atoms in total. The summed E-state index contributed by atoms with van der Waals surface area (Å²) in [6.07, 6.45) is -4.12. The summed E-state index contributed by atoms with van der Waals surface area (Å²) in [5, 5.41) is 3.50. The number of hydrogen-bond donors (Lipinski definition) is 1. The number of amides is 1. The Morgan fingerprint density at radius 2 is 2.00 bits per heavy atom. The van der Waals surface area contributed by atoms with E-state index in [1.165, 1.54) is 6.07 Å². The van der Waals surface area contributed by atoms with Crippen LogP contribution < -0.4 is 15.1 Å². The standard InChI is InChI=1S/C22H23ClF3N3O/c1-2-27-21(30)18-11-14-10-15(22(24,25)26)6-7-19(14)29-9-8-28(13-20(18)29)17-5-3-4-16(23)12-17/h3-7,10,12,18,20H,2,8-9,11,13H2,1H3,(H,27,30)/t18-,20-/m1/s1. The molecule has 0 radical (unpaired) electrons. The maximum absolute atomic E-state index is 13.2. The first-order valence-corrected chi connectivity index (χ1v) is 10.4. The van der Waals surface area contributed by atoms with Crippen LogP contribution >= 0.6 is 11.6 Å². The Morgan fingerprint density at radius 3 is 2.70 bits per heavy atom. The van der Waals surface area contributed by atoms with E-state index in [1.54, 1.807) is 6.07 Å². The van der Waals surface area contributed by atoms with Crippen LogP contribution in [-0.2, 0) is 17.4 Å². The van der Waals surface area contributed by atoms with Gasteiger partial charge in [0, 0.05) is 42.6 Å². The Labute approximate surface area is 178 Å². The highest BCUT2D eigenvalue weighted by Gasteiger charge is 2.42. The van der Waals surface area contributed by atoms with Gasteiger partial charge in [0.05, 0.1) is 17.5 Å². The summed E-state index contributed by atoms with van der Waals surface area (Å²) in [6, 6.07) is 11.3. The molecule has 0 aromatic heterocycles. The van der Waals surface area contributed by atoms with Gasteiger partial charge in [0.15, 0.2) is 0 Å². The number of hydrogen-bond acceptors (Lipinski definition) is 3. The van der Waals surface area contributed by atoms with Gasteiger partial charge < -0.3 is 15.1 Å². The smallest absolute Gasteiger partial charge is 0.368 e. The number of alkyl halides is 3. The molecule has 1 N–H and O–H groups in total.